The Hall–Kier alpha value is -2.12. The van der Waals surface area contributed by atoms with Gasteiger partial charge in [-0.05, 0) is 43.0 Å². The molecule has 3 heterocycles. The summed E-state index contributed by atoms with van der Waals surface area (Å²) in [6, 6.07) is 3.67. The van der Waals surface area contributed by atoms with E-state index in [1.165, 1.54) is 23.1 Å². The molecule has 1 aliphatic rings. The number of aliphatic imine (C=N–C) groups is 1. The van der Waals surface area contributed by atoms with Crippen molar-refractivity contribution in [1.82, 2.24) is 9.88 Å². The van der Waals surface area contributed by atoms with Crippen molar-refractivity contribution in [1.29, 1.82) is 0 Å². The van der Waals surface area contributed by atoms with Crippen LogP contribution in [0.1, 0.15) is 12.7 Å². The number of rotatable bonds is 4. The summed E-state index contributed by atoms with van der Waals surface area (Å²) in [6.45, 7) is 2.51. The molecule has 1 fully saturated rings. The van der Waals surface area contributed by atoms with Crippen molar-refractivity contribution in [2.24, 2.45) is 4.99 Å². The number of hydrogen-bond acceptors (Lipinski definition) is 6. The van der Waals surface area contributed by atoms with Gasteiger partial charge in [-0.1, -0.05) is 6.08 Å². The summed E-state index contributed by atoms with van der Waals surface area (Å²) in [5.74, 6) is 0.711. The highest BCUT2D eigenvalue weighted by molar-refractivity contribution is 8.18. The molecule has 2 aromatic rings. The first kappa shape index (κ1) is 14.8. The van der Waals surface area contributed by atoms with Crippen molar-refractivity contribution in [2.45, 2.75) is 6.92 Å². The van der Waals surface area contributed by atoms with E-state index in [2.05, 4.69) is 9.98 Å². The molecule has 0 bridgehead atoms. The number of amidine groups is 1. The summed E-state index contributed by atoms with van der Waals surface area (Å²) in [6.07, 6.45) is 8.71. The number of allylic oxidation sites excluding steroid dienone is 2. The molecule has 0 N–H and O–H groups in total. The molecule has 0 aliphatic carbocycles. The number of amides is 1. The standard InChI is InChI=1S/C15H13N3O2S2/c1-2-18-13(19)12(7-3-5-11-6-4-9-20-11)22-15(18)17-14-16-8-10-21-14/h3-10H,2H2,1H3/b5-3+,12-7+,17-15+. The fraction of sp³-hybridized carbons (Fsp3) is 0.133. The molecule has 2 aromatic heterocycles. The minimum Gasteiger partial charge on any atom is -0.465 e. The van der Waals surface area contributed by atoms with Crippen LogP contribution in [-0.4, -0.2) is 27.5 Å². The third-order valence-electron chi connectivity index (χ3n) is 2.87. The molecule has 0 radical (unpaired) electrons. The summed E-state index contributed by atoms with van der Waals surface area (Å²) in [5.41, 5.74) is 0. The zero-order valence-electron chi connectivity index (χ0n) is 11.8. The van der Waals surface area contributed by atoms with E-state index in [1.54, 1.807) is 29.5 Å². The molecule has 3 rings (SSSR count). The van der Waals surface area contributed by atoms with Crippen LogP contribution in [0.3, 0.4) is 0 Å². The molecule has 0 aromatic carbocycles. The third kappa shape index (κ3) is 3.20. The van der Waals surface area contributed by atoms with Gasteiger partial charge in [0, 0.05) is 18.1 Å². The topological polar surface area (TPSA) is 58.7 Å². The number of carbonyl (C=O) groups excluding carboxylic acids is 1. The lowest BCUT2D eigenvalue weighted by Gasteiger charge is -2.11. The van der Waals surface area contributed by atoms with Gasteiger partial charge in [-0.25, -0.2) is 4.98 Å². The van der Waals surface area contributed by atoms with Crippen molar-refractivity contribution < 1.29 is 9.21 Å². The maximum absolute atomic E-state index is 12.3. The Labute approximate surface area is 136 Å². The van der Waals surface area contributed by atoms with Gasteiger partial charge in [-0.2, -0.15) is 4.99 Å². The first-order valence-electron chi connectivity index (χ1n) is 6.67. The van der Waals surface area contributed by atoms with Crippen molar-refractivity contribution in [3.63, 3.8) is 0 Å². The lowest BCUT2D eigenvalue weighted by molar-refractivity contribution is -0.122. The smallest absolute Gasteiger partial charge is 0.266 e. The Morgan fingerprint density at radius 1 is 1.50 bits per heavy atom. The van der Waals surface area contributed by atoms with Gasteiger partial charge in [0.15, 0.2) is 5.17 Å². The average Bonchev–Trinajstić information content (AvgIpc) is 3.23. The molecule has 0 unspecified atom stereocenters. The average molecular weight is 331 g/mol. The lowest BCUT2D eigenvalue weighted by Crippen LogP contribution is -2.28. The monoisotopic (exact) mass is 331 g/mol. The minimum atomic E-state index is -0.0353. The molecule has 0 saturated carbocycles. The van der Waals surface area contributed by atoms with Crippen molar-refractivity contribution >= 4 is 45.4 Å². The fourth-order valence-corrected chi connectivity index (χ4v) is 3.41. The molecular formula is C15H13N3O2S2. The first-order valence-corrected chi connectivity index (χ1v) is 8.37. The molecule has 5 nitrogen and oxygen atoms in total. The SMILES string of the molecule is CCN1C(=O)/C(=C\C=C\c2ccco2)S/C1=N/c1nccs1. The van der Waals surface area contributed by atoms with E-state index < -0.39 is 0 Å². The number of carbonyl (C=O) groups is 1. The number of nitrogens with zero attached hydrogens (tertiary/aromatic N) is 3. The number of thiazole rings is 1. The summed E-state index contributed by atoms with van der Waals surface area (Å²) < 4.78 is 5.21. The Bertz CT molecular complexity index is 731. The molecule has 112 valence electrons. The molecule has 1 amide bonds. The van der Waals surface area contributed by atoms with Gasteiger partial charge in [0.25, 0.3) is 5.91 Å². The Kier molecular flexibility index (Phi) is 4.55. The van der Waals surface area contributed by atoms with Crippen LogP contribution >= 0.6 is 23.1 Å². The van der Waals surface area contributed by atoms with E-state index in [4.69, 9.17) is 4.42 Å². The largest absolute Gasteiger partial charge is 0.465 e. The van der Waals surface area contributed by atoms with Crippen LogP contribution in [0.25, 0.3) is 6.08 Å². The van der Waals surface area contributed by atoms with E-state index in [9.17, 15) is 4.79 Å². The van der Waals surface area contributed by atoms with Gasteiger partial charge >= 0.3 is 0 Å². The lowest BCUT2D eigenvalue weighted by atomic mass is 10.3. The van der Waals surface area contributed by atoms with E-state index in [1.807, 2.05) is 30.5 Å². The Morgan fingerprint density at radius 3 is 3.09 bits per heavy atom. The van der Waals surface area contributed by atoms with Crippen LogP contribution in [0.4, 0.5) is 5.13 Å². The third-order valence-corrected chi connectivity index (χ3v) is 4.56. The maximum Gasteiger partial charge on any atom is 0.266 e. The molecule has 1 aliphatic heterocycles. The molecule has 0 spiro atoms. The zero-order chi connectivity index (χ0) is 15.4. The molecule has 7 heteroatoms. The van der Waals surface area contributed by atoms with Crippen molar-refractivity contribution in [2.75, 3.05) is 6.54 Å². The first-order chi connectivity index (χ1) is 10.8. The van der Waals surface area contributed by atoms with E-state index in [-0.39, 0.29) is 5.91 Å². The number of furan rings is 1. The van der Waals surface area contributed by atoms with Crippen LogP contribution in [0.2, 0.25) is 0 Å². The van der Waals surface area contributed by atoms with Gasteiger partial charge in [-0.15, -0.1) is 11.3 Å². The number of likely N-dealkylation sites (N-methyl/N-ethyl adjacent to an activating group) is 1. The van der Waals surface area contributed by atoms with Crippen LogP contribution in [0, 0.1) is 0 Å². The highest BCUT2D eigenvalue weighted by Crippen LogP contribution is 2.33. The predicted octanol–water partition coefficient (Wildman–Crippen LogP) is 3.92. The van der Waals surface area contributed by atoms with E-state index in [0.29, 0.717) is 21.7 Å². The summed E-state index contributed by atoms with van der Waals surface area (Å²) >= 11 is 2.80. The summed E-state index contributed by atoms with van der Waals surface area (Å²) in [7, 11) is 0. The van der Waals surface area contributed by atoms with E-state index in [0.717, 1.165) is 5.76 Å². The minimum absolute atomic E-state index is 0.0353. The van der Waals surface area contributed by atoms with Crippen LogP contribution < -0.4 is 0 Å². The molecule has 1 saturated heterocycles. The summed E-state index contributed by atoms with van der Waals surface area (Å²) in [5, 5.41) is 3.18. The highest BCUT2D eigenvalue weighted by atomic mass is 32.2. The normalized spacial score (nSPS) is 19.1. The van der Waals surface area contributed by atoms with Gasteiger partial charge in [0.2, 0.25) is 5.13 Å². The van der Waals surface area contributed by atoms with Crippen molar-refractivity contribution in [3.05, 3.63) is 52.8 Å². The second-order valence-corrected chi connectivity index (χ2v) is 6.15. The summed E-state index contributed by atoms with van der Waals surface area (Å²) in [4.78, 5) is 23.2. The van der Waals surface area contributed by atoms with Crippen LogP contribution in [-0.2, 0) is 4.79 Å². The van der Waals surface area contributed by atoms with Gasteiger partial charge in [-0.3, -0.25) is 9.69 Å². The van der Waals surface area contributed by atoms with E-state index >= 15 is 0 Å². The van der Waals surface area contributed by atoms with Crippen molar-refractivity contribution in [3.8, 4) is 0 Å². The Balaban J connectivity index is 1.80. The molecule has 0 atom stereocenters. The highest BCUT2D eigenvalue weighted by Gasteiger charge is 2.31. The van der Waals surface area contributed by atoms with Gasteiger partial charge in [0.05, 0.1) is 11.2 Å². The predicted molar refractivity (Wildman–Crippen MR) is 90.0 cm³/mol. The molecule has 22 heavy (non-hydrogen) atoms. The zero-order valence-corrected chi connectivity index (χ0v) is 13.4. The number of aromatic nitrogens is 1. The second kappa shape index (κ2) is 6.76. The van der Waals surface area contributed by atoms with Crippen LogP contribution in [0.15, 0.2) is 56.4 Å². The van der Waals surface area contributed by atoms with Gasteiger partial charge in [0.1, 0.15) is 5.76 Å². The van der Waals surface area contributed by atoms with Crippen LogP contribution in [0.5, 0.6) is 0 Å². The fourth-order valence-electron chi connectivity index (χ4n) is 1.85. The number of hydrogen-bond donors (Lipinski definition) is 0. The quantitative estimate of drug-likeness (QED) is 0.797. The number of thioether (sulfide) groups is 1. The second-order valence-electron chi connectivity index (χ2n) is 4.27. The Morgan fingerprint density at radius 2 is 2.41 bits per heavy atom. The van der Waals surface area contributed by atoms with Gasteiger partial charge < -0.3 is 4.42 Å². The maximum atomic E-state index is 12.3. The molecular weight excluding hydrogens is 318 g/mol.